The number of aryl methyl sites for hydroxylation is 2. The number of piperazine rings is 1. The summed E-state index contributed by atoms with van der Waals surface area (Å²) in [7, 11) is 1.94. The number of fused-ring (bicyclic) bond motifs is 1. The van der Waals surface area contributed by atoms with Crippen molar-refractivity contribution in [3.05, 3.63) is 36.0 Å². The van der Waals surface area contributed by atoms with Gasteiger partial charge in [0.25, 0.3) is 0 Å². The molecule has 2 fully saturated rings. The molecule has 0 amide bonds. The zero-order valence-corrected chi connectivity index (χ0v) is 18.0. The van der Waals surface area contributed by atoms with Crippen molar-refractivity contribution in [1.29, 1.82) is 0 Å². The van der Waals surface area contributed by atoms with E-state index in [1.165, 1.54) is 37.7 Å². The van der Waals surface area contributed by atoms with Crippen LogP contribution < -0.4 is 10.2 Å². The zero-order chi connectivity index (χ0) is 20.5. The lowest BCUT2D eigenvalue weighted by molar-refractivity contribution is 0.147. The van der Waals surface area contributed by atoms with Crippen LogP contribution in [0, 0.1) is 6.92 Å². The molecule has 2 aliphatic rings. The maximum absolute atomic E-state index is 4.93. The Hall–Kier alpha value is -2.67. The molecule has 1 aromatic carbocycles. The molecule has 30 heavy (non-hydrogen) atoms. The Balaban J connectivity index is 1.39. The number of benzene rings is 1. The van der Waals surface area contributed by atoms with E-state index in [1.54, 1.807) is 0 Å². The fraction of sp³-hybridized carbons (Fsp3) is 0.522. The molecular formula is C23H31N7. The van der Waals surface area contributed by atoms with Crippen molar-refractivity contribution >= 4 is 28.5 Å². The number of nitrogens with one attached hydrogen (secondary N) is 1. The minimum atomic E-state index is 0.778. The second kappa shape index (κ2) is 8.22. The topological polar surface area (TPSA) is 62.1 Å². The van der Waals surface area contributed by atoms with Gasteiger partial charge >= 0.3 is 0 Å². The van der Waals surface area contributed by atoms with Gasteiger partial charge in [-0.2, -0.15) is 15.1 Å². The molecule has 0 bridgehead atoms. The lowest BCUT2D eigenvalue weighted by atomic mass is 9.94. The van der Waals surface area contributed by atoms with Gasteiger partial charge in [-0.1, -0.05) is 31.4 Å². The maximum Gasteiger partial charge on any atom is 0.229 e. The van der Waals surface area contributed by atoms with Crippen molar-refractivity contribution < 1.29 is 0 Å². The summed E-state index contributed by atoms with van der Waals surface area (Å²) in [6, 6.07) is 9.14. The van der Waals surface area contributed by atoms with Gasteiger partial charge in [0.05, 0.1) is 11.6 Å². The van der Waals surface area contributed by atoms with E-state index < -0.39 is 0 Å². The third-order valence-corrected chi connectivity index (χ3v) is 6.55. The SMILES string of the molecule is Cc1cccc(Nc2nc(N3CCN(C4CCCCC4)CC3)nc3c2cnn3C)c1. The highest BCUT2D eigenvalue weighted by atomic mass is 15.4. The van der Waals surface area contributed by atoms with Gasteiger partial charge in [0.1, 0.15) is 5.82 Å². The number of nitrogens with zero attached hydrogens (tertiary/aromatic N) is 6. The number of hydrogen-bond donors (Lipinski definition) is 1. The van der Waals surface area contributed by atoms with Gasteiger partial charge in [-0.25, -0.2) is 0 Å². The molecule has 5 rings (SSSR count). The average Bonchev–Trinajstić information content (AvgIpc) is 3.16. The Morgan fingerprint density at radius 1 is 1.00 bits per heavy atom. The van der Waals surface area contributed by atoms with Crippen LogP contribution >= 0.6 is 0 Å². The Labute approximate surface area is 178 Å². The molecule has 0 spiro atoms. The summed E-state index contributed by atoms with van der Waals surface area (Å²) in [5, 5.41) is 8.87. The predicted molar refractivity (Wildman–Crippen MR) is 121 cm³/mol. The fourth-order valence-corrected chi connectivity index (χ4v) is 4.84. The van der Waals surface area contributed by atoms with Gasteiger partial charge in [0.2, 0.25) is 5.95 Å². The molecule has 1 aliphatic heterocycles. The number of rotatable bonds is 4. The normalized spacial score (nSPS) is 18.8. The molecule has 1 saturated heterocycles. The smallest absolute Gasteiger partial charge is 0.229 e. The maximum atomic E-state index is 4.93. The van der Waals surface area contributed by atoms with Crippen LogP contribution in [0.4, 0.5) is 17.5 Å². The Kier molecular flexibility index (Phi) is 5.29. The quantitative estimate of drug-likeness (QED) is 0.711. The minimum Gasteiger partial charge on any atom is -0.339 e. The van der Waals surface area contributed by atoms with E-state index in [0.29, 0.717) is 0 Å². The van der Waals surface area contributed by atoms with E-state index in [0.717, 1.165) is 60.7 Å². The Morgan fingerprint density at radius 2 is 1.80 bits per heavy atom. The highest BCUT2D eigenvalue weighted by Gasteiger charge is 2.26. The summed E-state index contributed by atoms with van der Waals surface area (Å²) in [5.74, 6) is 1.62. The highest BCUT2D eigenvalue weighted by Crippen LogP contribution is 2.28. The summed E-state index contributed by atoms with van der Waals surface area (Å²) >= 11 is 0. The molecule has 0 atom stereocenters. The summed E-state index contributed by atoms with van der Waals surface area (Å²) in [4.78, 5) is 14.8. The lowest BCUT2D eigenvalue weighted by Crippen LogP contribution is -2.51. The van der Waals surface area contributed by atoms with E-state index in [1.807, 2.05) is 17.9 Å². The molecular weight excluding hydrogens is 374 g/mol. The van der Waals surface area contributed by atoms with Crippen molar-refractivity contribution in [2.45, 2.75) is 45.1 Å². The second-order valence-corrected chi connectivity index (χ2v) is 8.69. The van der Waals surface area contributed by atoms with E-state index >= 15 is 0 Å². The molecule has 1 saturated carbocycles. The number of hydrogen-bond acceptors (Lipinski definition) is 6. The predicted octanol–water partition coefficient (Wildman–Crippen LogP) is 3.87. The standard InChI is InChI=1S/C23H31N7/c1-17-7-6-8-18(15-17)25-21-20-16-24-28(2)22(20)27-23(26-21)30-13-11-29(12-14-30)19-9-4-3-5-10-19/h6-8,15-16,19H,3-5,9-14H2,1-2H3,(H,25,26,27). The molecule has 0 radical (unpaired) electrons. The summed E-state index contributed by atoms with van der Waals surface area (Å²) in [5.41, 5.74) is 3.12. The molecule has 1 aliphatic carbocycles. The fourth-order valence-electron chi connectivity index (χ4n) is 4.84. The monoisotopic (exact) mass is 405 g/mol. The number of aromatic nitrogens is 4. The molecule has 2 aromatic heterocycles. The summed E-state index contributed by atoms with van der Waals surface area (Å²) in [6.07, 6.45) is 8.76. The van der Waals surface area contributed by atoms with Crippen molar-refractivity contribution in [3.8, 4) is 0 Å². The average molecular weight is 406 g/mol. The minimum absolute atomic E-state index is 0.778. The van der Waals surface area contributed by atoms with Gasteiger partial charge in [-0.3, -0.25) is 9.58 Å². The first-order chi connectivity index (χ1) is 14.7. The Bertz CT molecular complexity index is 1010. The van der Waals surface area contributed by atoms with Crippen LogP contribution in [0.5, 0.6) is 0 Å². The Morgan fingerprint density at radius 3 is 2.57 bits per heavy atom. The lowest BCUT2D eigenvalue weighted by Gasteiger charge is -2.40. The van der Waals surface area contributed by atoms with Gasteiger partial charge in [0, 0.05) is 45.0 Å². The molecule has 3 heterocycles. The third kappa shape index (κ3) is 3.86. The molecule has 1 N–H and O–H groups in total. The largest absolute Gasteiger partial charge is 0.339 e. The highest BCUT2D eigenvalue weighted by molar-refractivity contribution is 5.89. The first-order valence-corrected chi connectivity index (χ1v) is 11.2. The molecule has 7 heteroatoms. The summed E-state index contributed by atoms with van der Waals surface area (Å²) in [6.45, 7) is 6.24. The van der Waals surface area contributed by atoms with Gasteiger partial charge in [0.15, 0.2) is 5.65 Å². The van der Waals surface area contributed by atoms with Crippen molar-refractivity contribution in [2.24, 2.45) is 7.05 Å². The van der Waals surface area contributed by atoms with Crippen LogP contribution in [0.15, 0.2) is 30.5 Å². The molecule has 158 valence electrons. The van der Waals surface area contributed by atoms with E-state index in [2.05, 4.69) is 51.4 Å². The summed E-state index contributed by atoms with van der Waals surface area (Å²) < 4.78 is 1.83. The van der Waals surface area contributed by atoms with Crippen LogP contribution in [0.2, 0.25) is 0 Å². The first-order valence-electron chi connectivity index (χ1n) is 11.2. The van der Waals surface area contributed by atoms with Crippen LogP contribution in [0.3, 0.4) is 0 Å². The van der Waals surface area contributed by atoms with Crippen LogP contribution in [-0.4, -0.2) is 56.9 Å². The van der Waals surface area contributed by atoms with Crippen molar-refractivity contribution in [1.82, 2.24) is 24.6 Å². The second-order valence-electron chi connectivity index (χ2n) is 8.69. The number of anilines is 3. The third-order valence-electron chi connectivity index (χ3n) is 6.55. The van der Waals surface area contributed by atoms with Crippen LogP contribution in [0.1, 0.15) is 37.7 Å². The van der Waals surface area contributed by atoms with Crippen molar-refractivity contribution in [2.75, 3.05) is 36.4 Å². The van der Waals surface area contributed by atoms with E-state index in [9.17, 15) is 0 Å². The molecule has 7 nitrogen and oxygen atoms in total. The van der Waals surface area contributed by atoms with Crippen LogP contribution in [0.25, 0.3) is 11.0 Å². The zero-order valence-electron chi connectivity index (χ0n) is 18.0. The van der Waals surface area contributed by atoms with E-state index in [-0.39, 0.29) is 0 Å². The first kappa shape index (κ1) is 19.3. The van der Waals surface area contributed by atoms with Crippen molar-refractivity contribution in [3.63, 3.8) is 0 Å². The van der Waals surface area contributed by atoms with Gasteiger partial charge in [-0.05, 0) is 37.5 Å². The van der Waals surface area contributed by atoms with Gasteiger partial charge in [-0.15, -0.1) is 0 Å². The van der Waals surface area contributed by atoms with Gasteiger partial charge < -0.3 is 10.2 Å². The van der Waals surface area contributed by atoms with E-state index in [4.69, 9.17) is 9.97 Å². The molecule has 0 unspecified atom stereocenters. The van der Waals surface area contributed by atoms with Crippen LogP contribution in [-0.2, 0) is 7.05 Å². The molecule has 3 aromatic rings.